The summed E-state index contributed by atoms with van der Waals surface area (Å²) in [5.74, 6) is -0.913. The minimum Gasteiger partial charge on any atom is -0.481 e. The van der Waals surface area contributed by atoms with Crippen molar-refractivity contribution in [1.82, 2.24) is 4.90 Å². The Morgan fingerprint density at radius 1 is 1.17 bits per heavy atom. The lowest BCUT2D eigenvalue weighted by Gasteiger charge is -2.44. The van der Waals surface area contributed by atoms with Gasteiger partial charge in [0, 0.05) is 7.05 Å². The summed E-state index contributed by atoms with van der Waals surface area (Å²) in [4.78, 5) is 25.1. The number of amides is 1. The zero-order valence-corrected chi connectivity index (χ0v) is 10.9. The first-order valence-electron chi connectivity index (χ1n) is 6.69. The van der Waals surface area contributed by atoms with Crippen molar-refractivity contribution in [3.63, 3.8) is 0 Å². The highest BCUT2D eigenvalue weighted by Crippen LogP contribution is 2.41. The van der Waals surface area contributed by atoms with Crippen LogP contribution < -0.4 is 5.73 Å². The van der Waals surface area contributed by atoms with Crippen molar-refractivity contribution in [2.45, 2.75) is 62.4 Å². The third kappa shape index (κ3) is 2.36. The third-order valence-corrected chi connectivity index (χ3v) is 4.50. The summed E-state index contributed by atoms with van der Waals surface area (Å²) in [5, 5.41) is 9.11. The fourth-order valence-electron chi connectivity index (χ4n) is 3.02. The molecule has 2 fully saturated rings. The van der Waals surface area contributed by atoms with Crippen LogP contribution in [0.1, 0.15) is 51.4 Å². The van der Waals surface area contributed by atoms with Crippen molar-refractivity contribution < 1.29 is 14.7 Å². The zero-order chi connectivity index (χ0) is 13.4. The number of aliphatic carboxylic acids is 1. The van der Waals surface area contributed by atoms with E-state index in [4.69, 9.17) is 10.8 Å². The molecule has 0 heterocycles. The molecule has 2 saturated carbocycles. The van der Waals surface area contributed by atoms with Crippen LogP contribution in [0.25, 0.3) is 0 Å². The molecule has 0 saturated heterocycles. The predicted molar refractivity (Wildman–Crippen MR) is 67.0 cm³/mol. The fourth-order valence-corrected chi connectivity index (χ4v) is 3.02. The number of nitrogens with two attached hydrogens (primary N) is 1. The molecule has 3 N–H and O–H groups in total. The van der Waals surface area contributed by atoms with Crippen molar-refractivity contribution >= 4 is 11.9 Å². The molecule has 0 spiro atoms. The van der Waals surface area contributed by atoms with Gasteiger partial charge in [0.15, 0.2) is 0 Å². The molecule has 18 heavy (non-hydrogen) atoms. The zero-order valence-electron chi connectivity index (χ0n) is 10.9. The van der Waals surface area contributed by atoms with E-state index in [1.165, 1.54) is 0 Å². The molecule has 5 heteroatoms. The summed E-state index contributed by atoms with van der Waals surface area (Å²) >= 11 is 0. The van der Waals surface area contributed by atoms with Crippen LogP contribution in [0, 0.1) is 0 Å². The van der Waals surface area contributed by atoms with E-state index in [2.05, 4.69) is 0 Å². The van der Waals surface area contributed by atoms with E-state index in [1.807, 2.05) is 0 Å². The maximum Gasteiger partial charge on any atom is 0.305 e. The van der Waals surface area contributed by atoms with Crippen molar-refractivity contribution in [2.75, 3.05) is 7.05 Å². The van der Waals surface area contributed by atoms with Crippen molar-refractivity contribution in [2.24, 2.45) is 5.73 Å². The first-order chi connectivity index (χ1) is 8.40. The summed E-state index contributed by atoms with van der Waals surface area (Å²) < 4.78 is 0. The number of hydrogen-bond donors (Lipinski definition) is 2. The maximum absolute atomic E-state index is 12.3. The molecule has 2 aliphatic rings. The summed E-state index contributed by atoms with van der Waals surface area (Å²) in [6.45, 7) is 0. The largest absolute Gasteiger partial charge is 0.481 e. The molecule has 0 aromatic rings. The normalized spacial score (nSPS) is 24.3. The number of carbonyl (C=O) groups is 2. The van der Waals surface area contributed by atoms with E-state index in [-0.39, 0.29) is 12.3 Å². The average molecular weight is 254 g/mol. The smallest absolute Gasteiger partial charge is 0.305 e. The van der Waals surface area contributed by atoms with Gasteiger partial charge in [-0.2, -0.15) is 0 Å². The molecule has 0 aromatic heterocycles. The quantitative estimate of drug-likeness (QED) is 0.787. The monoisotopic (exact) mass is 254 g/mol. The topological polar surface area (TPSA) is 83.6 Å². The van der Waals surface area contributed by atoms with Gasteiger partial charge in [0.2, 0.25) is 5.91 Å². The van der Waals surface area contributed by atoms with Gasteiger partial charge in [0.05, 0.1) is 17.5 Å². The summed E-state index contributed by atoms with van der Waals surface area (Å²) in [7, 11) is 1.73. The molecule has 5 nitrogen and oxygen atoms in total. The van der Waals surface area contributed by atoms with Gasteiger partial charge in [0.25, 0.3) is 0 Å². The van der Waals surface area contributed by atoms with Crippen molar-refractivity contribution in [3.8, 4) is 0 Å². The average Bonchev–Trinajstić information content (AvgIpc) is 3.07. The second kappa shape index (κ2) is 4.53. The second-order valence-electron chi connectivity index (χ2n) is 5.88. The van der Waals surface area contributed by atoms with Crippen LogP contribution in [0.15, 0.2) is 0 Å². The van der Waals surface area contributed by atoms with Gasteiger partial charge < -0.3 is 15.7 Å². The van der Waals surface area contributed by atoms with Gasteiger partial charge in [0.1, 0.15) is 0 Å². The van der Waals surface area contributed by atoms with E-state index in [9.17, 15) is 9.59 Å². The number of likely N-dealkylation sites (N-methyl/N-ethyl adjacent to an activating group) is 1. The maximum atomic E-state index is 12.3. The first-order valence-corrected chi connectivity index (χ1v) is 6.69. The second-order valence-corrected chi connectivity index (χ2v) is 5.88. The van der Waals surface area contributed by atoms with Crippen LogP contribution in [0.2, 0.25) is 0 Å². The molecular weight excluding hydrogens is 232 g/mol. The van der Waals surface area contributed by atoms with E-state index < -0.39 is 17.0 Å². The van der Waals surface area contributed by atoms with Crippen LogP contribution in [0.3, 0.4) is 0 Å². The molecule has 0 aromatic carbocycles. The van der Waals surface area contributed by atoms with E-state index in [0.29, 0.717) is 0 Å². The highest BCUT2D eigenvalue weighted by molar-refractivity contribution is 5.90. The van der Waals surface area contributed by atoms with Crippen molar-refractivity contribution in [1.29, 1.82) is 0 Å². The first kappa shape index (κ1) is 13.3. The Bertz CT molecular complexity index is 357. The van der Waals surface area contributed by atoms with Gasteiger partial charge in [-0.15, -0.1) is 0 Å². The number of hydrogen-bond acceptors (Lipinski definition) is 3. The van der Waals surface area contributed by atoms with Crippen LogP contribution in [0.5, 0.6) is 0 Å². The SMILES string of the molecule is CN(C(=O)C1(N)CC1)C1(CC(=O)O)CCCCC1. The van der Waals surface area contributed by atoms with Crippen molar-refractivity contribution in [3.05, 3.63) is 0 Å². The summed E-state index contributed by atoms with van der Waals surface area (Å²) in [6.07, 6.45) is 6.13. The molecule has 0 bridgehead atoms. The number of rotatable bonds is 4. The molecule has 2 aliphatic carbocycles. The Balaban J connectivity index is 2.17. The molecule has 2 rings (SSSR count). The molecule has 0 atom stereocenters. The van der Waals surface area contributed by atoms with Crippen LogP contribution >= 0.6 is 0 Å². The Morgan fingerprint density at radius 3 is 2.17 bits per heavy atom. The van der Waals surface area contributed by atoms with Crippen LogP contribution in [-0.2, 0) is 9.59 Å². The van der Waals surface area contributed by atoms with Gasteiger partial charge in [-0.05, 0) is 25.7 Å². The van der Waals surface area contributed by atoms with Crippen LogP contribution in [-0.4, -0.2) is 40.0 Å². The standard InChI is InChI=1S/C13H22N2O3/c1-15(11(18)13(14)7-8-13)12(9-10(16)17)5-3-2-4-6-12/h2-9,14H2,1H3,(H,16,17). The number of carboxylic acids is 1. The number of carboxylic acid groups (broad SMARTS) is 1. The van der Waals surface area contributed by atoms with Gasteiger partial charge in [-0.1, -0.05) is 19.3 Å². The Labute approximate surface area is 107 Å². The third-order valence-electron chi connectivity index (χ3n) is 4.50. The van der Waals surface area contributed by atoms with E-state index in [0.717, 1.165) is 44.9 Å². The minimum absolute atomic E-state index is 0.0331. The van der Waals surface area contributed by atoms with E-state index >= 15 is 0 Å². The Hall–Kier alpha value is -1.10. The lowest BCUT2D eigenvalue weighted by Crippen LogP contribution is -2.57. The molecule has 0 unspecified atom stereocenters. The minimum atomic E-state index is -0.835. The Morgan fingerprint density at radius 2 is 1.72 bits per heavy atom. The number of carbonyl (C=O) groups excluding carboxylic acids is 1. The molecule has 102 valence electrons. The Kier molecular flexibility index (Phi) is 3.36. The highest BCUT2D eigenvalue weighted by atomic mass is 16.4. The van der Waals surface area contributed by atoms with Crippen LogP contribution in [0.4, 0.5) is 0 Å². The summed E-state index contributed by atoms with van der Waals surface area (Å²) in [5.41, 5.74) is 4.72. The van der Waals surface area contributed by atoms with Gasteiger partial charge in [-0.25, -0.2) is 0 Å². The molecule has 0 radical (unpaired) electrons. The highest BCUT2D eigenvalue weighted by Gasteiger charge is 2.52. The van der Waals surface area contributed by atoms with Gasteiger partial charge >= 0.3 is 5.97 Å². The van der Waals surface area contributed by atoms with Gasteiger partial charge in [-0.3, -0.25) is 9.59 Å². The van der Waals surface area contributed by atoms with E-state index in [1.54, 1.807) is 11.9 Å². The number of nitrogens with zero attached hydrogens (tertiary/aromatic N) is 1. The lowest BCUT2D eigenvalue weighted by atomic mass is 9.77. The summed E-state index contributed by atoms with van der Waals surface area (Å²) in [6, 6.07) is 0. The predicted octanol–water partition coefficient (Wildman–Crippen LogP) is 1.11. The molecule has 0 aliphatic heterocycles. The fraction of sp³-hybridized carbons (Fsp3) is 0.846. The lowest BCUT2D eigenvalue weighted by molar-refractivity contribution is -0.147. The molecule has 1 amide bonds. The molecular formula is C13H22N2O3.